The van der Waals surface area contributed by atoms with Crippen LogP contribution in [0, 0.1) is 0 Å². The quantitative estimate of drug-likeness (QED) is 0.847. The van der Waals surface area contributed by atoms with E-state index in [-0.39, 0.29) is 12.6 Å². The van der Waals surface area contributed by atoms with E-state index in [0.717, 1.165) is 5.56 Å². The molecule has 1 aliphatic heterocycles. The molecule has 0 aliphatic carbocycles. The zero-order valence-electron chi connectivity index (χ0n) is 11.3. The second kappa shape index (κ2) is 5.79. The van der Waals surface area contributed by atoms with Crippen molar-refractivity contribution in [2.45, 2.75) is 6.04 Å². The summed E-state index contributed by atoms with van der Waals surface area (Å²) in [5, 5.41) is 0. The minimum Gasteiger partial charge on any atom is -0.447 e. The van der Waals surface area contributed by atoms with Gasteiger partial charge in [-0.3, -0.25) is 4.90 Å². The van der Waals surface area contributed by atoms with E-state index >= 15 is 0 Å². The molecule has 1 atom stereocenters. The van der Waals surface area contributed by atoms with Crippen LogP contribution in [0.5, 0.6) is 0 Å². The highest BCUT2D eigenvalue weighted by atomic mass is 19.1. The van der Waals surface area contributed by atoms with Crippen molar-refractivity contribution in [1.82, 2.24) is 4.90 Å². The molecule has 21 heavy (non-hydrogen) atoms. The predicted octanol–water partition coefficient (Wildman–Crippen LogP) is 4.15. The summed E-state index contributed by atoms with van der Waals surface area (Å²) in [5.41, 5.74) is 1.35. The Hall–Kier alpha value is -2.62. The molecule has 4 heteroatoms. The maximum atomic E-state index is 14.3. The van der Waals surface area contributed by atoms with E-state index in [1.807, 2.05) is 36.4 Å². The van der Waals surface area contributed by atoms with Gasteiger partial charge >= 0.3 is 6.09 Å². The fourth-order valence-electron chi connectivity index (χ4n) is 2.30. The molecule has 2 aromatic carbocycles. The maximum absolute atomic E-state index is 14.3. The summed E-state index contributed by atoms with van der Waals surface area (Å²) in [6.07, 6.45) is 0.678. The molecule has 1 heterocycles. The predicted molar refractivity (Wildman–Crippen MR) is 77.9 cm³/mol. The second-order valence-electron chi connectivity index (χ2n) is 4.75. The average molecular weight is 283 g/mol. The third-order valence-corrected chi connectivity index (χ3v) is 3.40. The fraction of sp³-hybridized carbons (Fsp3) is 0.118. The standard InChI is InChI=1S/C17H14FNO2/c18-15(13-7-3-1-4-8-13)11-19-16(12-21-17(19)20)14-9-5-2-6-10-14/h1-11,16H,12H2/b15-11-/t16-/m0/s1. The second-order valence-corrected chi connectivity index (χ2v) is 4.75. The van der Waals surface area contributed by atoms with Crippen LogP contribution in [-0.4, -0.2) is 17.6 Å². The Morgan fingerprint density at radius 3 is 2.38 bits per heavy atom. The molecule has 0 bridgehead atoms. The molecule has 0 unspecified atom stereocenters. The number of nitrogens with zero attached hydrogens (tertiary/aromatic N) is 1. The molecule has 1 aliphatic rings. The fourth-order valence-corrected chi connectivity index (χ4v) is 2.30. The molecule has 0 spiro atoms. The molecule has 1 fully saturated rings. The van der Waals surface area contributed by atoms with Gasteiger partial charge in [-0.15, -0.1) is 0 Å². The van der Waals surface area contributed by atoms with Gasteiger partial charge in [0.15, 0.2) is 0 Å². The highest BCUT2D eigenvalue weighted by molar-refractivity contribution is 5.74. The number of hydrogen-bond donors (Lipinski definition) is 0. The van der Waals surface area contributed by atoms with E-state index < -0.39 is 11.9 Å². The topological polar surface area (TPSA) is 29.5 Å². The lowest BCUT2D eigenvalue weighted by Gasteiger charge is -2.17. The number of cyclic esters (lactones) is 1. The van der Waals surface area contributed by atoms with E-state index in [1.165, 1.54) is 11.1 Å². The first-order valence-electron chi connectivity index (χ1n) is 6.68. The van der Waals surface area contributed by atoms with E-state index in [4.69, 9.17) is 4.74 Å². The van der Waals surface area contributed by atoms with Gasteiger partial charge in [0.2, 0.25) is 0 Å². The van der Waals surface area contributed by atoms with Gasteiger partial charge in [-0.1, -0.05) is 60.7 Å². The SMILES string of the molecule is O=C1OC[C@@H](c2ccccc2)N1/C=C(\F)c1ccccc1. The largest absolute Gasteiger partial charge is 0.447 e. The van der Waals surface area contributed by atoms with Gasteiger partial charge in [0.05, 0.1) is 6.04 Å². The molecule has 1 saturated heterocycles. The van der Waals surface area contributed by atoms with Gasteiger partial charge in [0, 0.05) is 11.8 Å². The molecule has 1 amide bonds. The number of halogens is 1. The minimum absolute atomic E-state index is 0.224. The number of hydrogen-bond acceptors (Lipinski definition) is 2. The lowest BCUT2D eigenvalue weighted by Crippen LogP contribution is -2.21. The zero-order chi connectivity index (χ0) is 14.7. The summed E-state index contributed by atoms with van der Waals surface area (Å²) in [6, 6.07) is 17.8. The van der Waals surface area contributed by atoms with Crippen molar-refractivity contribution in [2.24, 2.45) is 0 Å². The lowest BCUT2D eigenvalue weighted by atomic mass is 10.1. The Bertz CT molecular complexity index is 655. The molecule has 0 N–H and O–H groups in total. The molecule has 106 valence electrons. The van der Waals surface area contributed by atoms with Crippen molar-refractivity contribution in [3.8, 4) is 0 Å². The van der Waals surface area contributed by atoms with Crippen LogP contribution >= 0.6 is 0 Å². The monoisotopic (exact) mass is 283 g/mol. The Morgan fingerprint density at radius 1 is 1.10 bits per heavy atom. The number of carbonyl (C=O) groups is 1. The van der Waals surface area contributed by atoms with Crippen LogP contribution < -0.4 is 0 Å². The van der Waals surface area contributed by atoms with Crippen molar-refractivity contribution in [1.29, 1.82) is 0 Å². The number of carbonyl (C=O) groups excluding carboxylic acids is 1. The van der Waals surface area contributed by atoms with Crippen LogP contribution in [0.25, 0.3) is 5.83 Å². The van der Waals surface area contributed by atoms with Crippen molar-refractivity contribution < 1.29 is 13.9 Å². The summed E-state index contributed by atoms with van der Waals surface area (Å²) in [5.74, 6) is -0.463. The van der Waals surface area contributed by atoms with Crippen LogP contribution in [0.15, 0.2) is 66.9 Å². The van der Waals surface area contributed by atoms with Crippen LogP contribution in [0.3, 0.4) is 0 Å². The summed E-state index contributed by atoms with van der Waals surface area (Å²) < 4.78 is 19.3. The van der Waals surface area contributed by atoms with Crippen LogP contribution in [0.1, 0.15) is 17.2 Å². The normalized spacial score (nSPS) is 18.7. The van der Waals surface area contributed by atoms with E-state index in [1.54, 1.807) is 24.3 Å². The van der Waals surface area contributed by atoms with Crippen molar-refractivity contribution in [2.75, 3.05) is 6.61 Å². The van der Waals surface area contributed by atoms with Gasteiger partial charge in [-0.05, 0) is 5.56 Å². The molecule has 0 radical (unpaired) electrons. The first-order chi connectivity index (χ1) is 10.3. The van der Waals surface area contributed by atoms with Crippen LogP contribution in [-0.2, 0) is 4.74 Å². The third-order valence-electron chi connectivity index (χ3n) is 3.40. The van der Waals surface area contributed by atoms with Gasteiger partial charge in [-0.25, -0.2) is 9.18 Å². The van der Waals surface area contributed by atoms with E-state index in [2.05, 4.69) is 0 Å². The third kappa shape index (κ3) is 2.79. The Morgan fingerprint density at radius 2 is 1.71 bits per heavy atom. The van der Waals surface area contributed by atoms with Gasteiger partial charge in [0.1, 0.15) is 12.4 Å². The first-order valence-corrected chi connectivity index (χ1v) is 6.68. The molecule has 3 nitrogen and oxygen atoms in total. The molecule has 3 rings (SSSR count). The summed E-state index contributed by atoms with van der Waals surface area (Å²) >= 11 is 0. The molecule has 0 aromatic heterocycles. The summed E-state index contributed by atoms with van der Waals surface area (Å²) in [7, 11) is 0. The van der Waals surface area contributed by atoms with Gasteiger partial charge in [-0.2, -0.15) is 0 Å². The molecule has 2 aromatic rings. The van der Waals surface area contributed by atoms with Crippen molar-refractivity contribution in [3.05, 3.63) is 78.0 Å². The smallest absolute Gasteiger partial charge is 0.414 e. The summed E-state index contributed by atoms with van der Waals surface area (Å²) in [4.78, 5) is 13.1. The Balaban J connectivity index is 1.90. The number of ether oxygens (including phenoxy) is 1. The van der Waals surface area contributed by atoms with Crippen molar-refractivity contribution in [3.63, 3.8) is 0 Å². The Kier molecular flexibility index (Phi) is 3.69. The lowest BCUT2D eigenvalue weighted by molar-refractivity contribution is 0.166. The number of amides is 1. The van der Waals surface area contributed by atoms with E-state index in [9.17, 15) is 9.18 Å². The summed E-state index contributed by atoms with van der Waals surface area (Å²) in [6.45, 7) is 0.224. The molecular weight excluding hydrogens is 269 g/mol. The Labute approximate surface area is 122 Å². The van der Waals surface area contributed by atoms with Crippen molar-refractivity contribution >= 4 is 11.9 Å². The number of benzene rings is 2. The van der Waals surface area contributed by atoms with Gasteiger partial charge in [0.25, 0.3) is 0 Å². The van der Waals surface area contributed by atoms with Gasteiger partial charge < -0.3 is 4.74 Å². The zero-order valence-corrected chi connectivity index (χ0v) is 11.3. The molecule has 0 saturated carbocycles. The first kappa shape index (κ1) is 13.4. The van der Waals surface area contributed by atoms with E-state index in [0.29, 0.717) is 5.56 Å². The highest BCUT2D eigenvalue weighted by Gasteiger charge is 2.33. The average Bonchev–Trinajstić information content (AvgIpc) is 2.90. The van der Waals surface area contributed by atoms with Crippen LogP contribution in [0.4, 0.5) is 9.18 Å². The van der Waals surface area contributed by atoms with Crippen LogP contribution in [0.2, 0.25) is 0 Å². The minimum atomic E-state index is -0.532. The highest BCUT2D eigenvalue weighted by Crippen LogP contribution is 2.30. The maximum Gasteiger partial charge on any atom is 0.414 e. The molecular formula is C17H14FNO2. The number of rotatable bonds is 3.